The molecule has 0 N–H and O–H groups in total. The predicted molar refractivity (Wildman–Crippen MR) is 122 cm³/mol. The first-order valence-corrected chi connectivity index (χ1v) is 12.1. The van der Waals surface area contributed by atoms with E-state index in [-0.39, 0.29) is 10.8 Å². The molecule has 2 aromatic carbocycles. The van der Waals surface area contributed by atoms with Gasteiger partial charge in [0, 0.05) is 36.3 Å². The SMILES string of the molecule is CCN(CC)S(=O)(=O)c1ccc2c(c1)CCN2C(=O)c1oc2c(C)ccc(C)c2c1C. The molecule has 0 fully saturated rings. The summed E-state index contributed by atoms with van der Waals surface area (Å²) in [4.78, 5) is 15.4. The molecule has 1 amide bonds. The fraction of sp³-hybridized carbons (Fsp3) is 0.375. The Morgan fingerprint density at radius 1 is 1.06 bits per heavy atom. The first kappa shape index (κ1) is 21.6. The van der Waals surface area contributed by atoms with E-state index in [1.807, 2.05) is 46.8 Å². The lowest BCUT2D eigenvalue weighted by Gasteiger charge is -2.20. The zero-order valence-corrected chi connectivity index (χ0v) is 19.5. The summed E-state index contributed by atoms with van der Waals surface area (Å²) in [7, 11) is -3.53. The molecule has 0 spiro atoms. The molecule has 0 atom stereocenters. The number of nitrogens with zero attached hydrogens (tertiary/aromatic N) is 2. The lowest BCUT2D eigenvalue weighted by molar-refractivity contribution is 0.0964. The Labute approximate surface area is 183 Å². The van der Waals surface area contributed by atoms with Crippen molar-refractivity contribution in [3.05, 3.63) is 58.3 Å². The van der Waals surface area contributed by atoms with Gasteiger partial charge in [-0.2, -0.15) is 4.31 Å². The van der Waals surface area contributed by atoms with E-state index in [0.717, 1.165) is 38.9 Å². The molecule has 1 aromatic heterocycles. The van der Waals surface area contributed by atoms with Crippen molar-refractivity contribution in [2.24, 2.45) is 0 Å². The van der Waals surface area contributed by atoms with E-state index in [2.05, 4.69) is 0 Å². The Balaban J connectivity index is 1.72. The van der Waals surface area contributed by atoms with Crippen LogP contribution in [0.1, 0.15) is 46.7 Å². The van der Waals surface area contributed by atoms with E-state index in [0.29, 0.717) is 31.8 Å². The maximum absolute atomic E-state index is 13.4. The van der Waals surface area contributed by atoms with E-state index < -0.39 is 10.0 Å². The van der Waals surface area contributed by atoms with Gasteiger partial charge in [0.05, 0.1) is 4.90 Å². The van der Waals surface area contributed by atoms with Crippen LogP contribution in [0.2, 0.25) is 0 Å². The Kier molecular flexibility index (Phi) is 5.43. The van der Waals surface area contributed by atoms with E-state index in [1.165, 1.54) is 4.31 Å². The van der Waals surface area contributed by atoms with Gasteiger partial charge < -0.3 is 9.32 Å². The summed E-state index contributed by atoms with van der Waals surface area (Å²) in [5.41, 5.74) is 5.28. The summed E-state index contributed by atoms with van der Waals surface area (Å²) in [5.74, 6) is 0.158. The van der Waals surface area contributed by atoms with Crippen molar-refractivity contribution in [2.45, 2.75) is 45.9 Å². The molecule has 3 aromatic rings. The van der Waals surface area contributed by atoms with Crippen molar-refractivity contribution >= 4 is 32.6 Å². The van der Waals surface area contributed by atoms with E-state index in [9.17, 15) is 13.2 Å². The van der Waals surface area contributed by atoms with Crippen LogP contribution in [0, 0.1) is 20.8 Å². The summed E-state index contributed by atoms with van der Waals surface area (Å²) >= 11 is 0. The second kappa shape index (κ2) is 7.80. The lowest BCUT2D eigenvalue weighted by atomic mass is 10.0. The summed E-state index contributed by atoms with van der Waals surface area (Å²) < 4.78 is 33.2. The molecule has 0 aliphatic carbocycles. The highest BCUT2D eigenvalue weighted by molar-refractivity contribution is 7.89. The average Bonchev–Trinajstić information content (AvgIpc) is 3.32. The molecule has 0 bridgehead atoms. The largest absolute Gasteiger partial charge is 0.450 e. The van der Waals surface area contributed by atoms with Crippen LogP contribution in [0.5, 0.6) is 0 Å². The van der Waals surface area contributed by atoms with Crippen LogP contribution in [0.15, 0.2) is 39.6 Å². The molecular formula is C24H28N2O4S. The van der Waals surface area contributed by atoms with Gasteiger partial charge in [0.25, 0.3) is 5.91 Å². The van der Waals surface area contributed by atoms with Crippen molar-refractivity contribution in [1.82, 2.24) is 4.31 Å². The highest BCUT2D eigenvalue weighted by atomic mass is 32.2. The molecule has 1 aliphatic rings. The van der Waals surface area contributed by atoms with E-state index in [4.69, 9.17) is 4.42 Å². The monoisotopic (exact) mass is 440 g/mol. The van der Waals surface area contributed by atoms with Crippen LogP contribution in [0.25, 0.3) is 11.0 Å². The first-order valence-electron chi connectivity index (χ1n) is 10.6. The van der Waals surface area contributed by atoms with Gasteiger partial charge in [-0.25, -0.2) is 8.42 Å². The number of anilines is 1. The highest BCUT2D eigenvalue weighted by Crippen LogP contribution is 2.35. The summed E-state index contributed by atoms with van der Waals surface area (Å²) in [5, 5.41) is 0.989. The van der Waals surface area contributed by atoms with Gasteiger partial charge in [-0.1, -0.05) is 26.0 Å². The number of carbonyl (C=O) groups is 1. The number of hydrogen-bond acceptors (Lipinski definition) is 4. The smallest absolute Gasteiger partial charge is 0.294 e. The van der Waals surface area contributed by atoms with Gasteiger partial charge in [-0.15, -0.1) is 0 Å². The van der Waals surface area contributed by atoms with Crippen molar-refractivity contribution in [3.63, 3.8) is 0 Å². The number of sulfonamides is 1. The molecule has 0 radical (unpaired) electrons. The number of aryl methyl sites for hydroxylation is 3. The molecule has 0 saturated carbocycles. The standard InChI is InChI=1S/C24H28N2O4S/c1-6-25(7-2)31(28,29)19-10-11-20-18(14-19)12-13-26(20)24(27)23-17(5)21-15(3)8-9-16(4)22(21)30-23/h8-11,14H,6-7,12-13H2,1-5H3. The molecule has 7 heteroatoms. The number of carbonyl (C=O) groups excluding carboxylic acids is 1. The molecule has 0 saturated heterocycles. The van der Waals surface area contributed by atoms with Gasteiger partial charge in [0.15, 0.2) is 5.76 Å². The minimum absolute atomic E-state index is 0.189. The minimum Gasteiger partial charge on any atom is -0.450 e. The van der Waals surface area contributed by atoms with E-state index in [1.54, 1.807) is 23.1 Å². The normalized spacial score (nSPS) is 13.9. The van der Waals surface area contributed by atoms with Gasteiger partial charge in [0.1, 0.15) is 5.58 Å². The van der Waals surface area contributed by atoms with Gasteiger partial charge in [-0.3, -0.25) is 4.79 Å². The Morgan fingerprint density at radius 2 is 1.74 bits per heavy atom. The molecule has 1 aliphatic heterocycles. The minimum atomic E-state index is -3.53. The fourth-order valence-electron chi connectivity index (χ4n) is 4.46. The third-order valence-corrected chi connectivity index (χ3v) is 8.26. The second-order valence-electron chi connectivity index (χ2n) is 8.05. The zero-order valence-electron chi connectivity index (χ0n) is 18.7. The third-order valence-electron chi connectivity index (χ3n) is 6.21. The molecule has 0 unspecified atom stereocenters. The van der Waals surface area contributed by atoms with Crippen molar-refractivity contribution in [2.75, 3.05) is 24.5 Å². The first-order chi connectivity index (χ1) is 14.7. The van der Waals surface area contributed by atoms with Gasteiger partial charge in [-0.05, 0) is 62.1 Å². The van der Waals surface area contributed by atoms with Crippen LogP contribution in [-0.2, 0) is 16.4 Å². The number of fused-ring (bicyclic) bond motifs is 2. The quantitative estimate of drug-likeness (QED) is 0.582. The van der Waals surface area contributed by atoms with Crippen LogP contribution < -0.4 is 4.90 Å². The predicted octanol–water partition coefficient (Wildman–Crippen LogP) is 4.59. The maximum atomic E-state index is 13.4. The average molecular weight is 441 g/mol. The van der Waals surface area contributed by atoms with Crippen LogP contribution >= 0.6 is 0 Å². The fourth-order valence-corrected chi connectivity index (χ4v) is 5.97. The van der Waals surface area contributed by atoms with Crippen LogP contribution in [-0.4, -0.2) is 38.3 Å². The molecule has 164 valence electrons. The number of benzene rings is 2. The molecule has 4 rings (SSSR count). The molecular weight excluding hydrogens is 412 g/mol. The van der Waals surface area contributed by atoms with Gasteiger partial charge in [0.2, 0.25) is 10.0 Å². The number of furan rings is 1. The molecule has 6 nitrogen and oxygen atoms in total. The zero-order chi connectivity index (χ0) is 22.5. The Morgan fingerprint density at radius 3 is 2.39 bits per heavy atom. The lowest BCUT2D eigenvalue weighted by Crippen LogP contribution is -2.30. The Bertz CT molecular complexity index is 1290. The third kappa shape index (κ3) is 3.36. The van der Waals surface area contributed by atoms with Crippen molar-refractivity contribution < 1.29 is 17.6 Å². The maximum Gasteiger partial charge on any atom is 0.294 e. The number of rotatable bonds is 5. The van der Waals surface area contributed by atoms with Crippen molar-refractivity contribution in [3.8, 4) is 0 Å². The van der Waals surface area contributed by atoms with Crippen LogP contribution in [0.4, 0.5) is 5.69 Å². The highest BCUT2D eigenvalue weighted by Gasteiger charge is 2.32. The Hall–Kier alpha value is -2.64. The topological polar surface area (TPSA) is 70.8 Å². The number of amides is 1. The van der Waals surface area contributed by atoms with Gasteiger partial charge >= 0.3 is 0 Å². The van der Waals surface area contributed by atoms with E-state index >= 15 is 0 Å². The molecule has 2 heterocycles. The summed E-state index contributed by atoms with van der Waals surface area (Å²) in [6.07, 6.45) is 0.611. The number of hydrogen-bond donors (Lipinski definition) is 0. The molecule has 31 heavy (non-hydrogen) atoms. The summed E-state index contributed by atoms with van der Waals surface area (Å²) in [6.45, 7) is 10.9. The second-order valence-corrected chi connectivity index (χ2v) is 9.98. The summed E-state index contributed by atoms with van der Waals surface area (Å²) in [6, 6.07) is 9.08. The van der Waals surface area contributed by atoms with Crippen LogP contribution in [0.3, 0.4) is 0 Å². The van der Waals surface area contributed by atoms with Crippen molar-refractivity contribution in [1.29, 1.82) is 0 Å².